The maximum Gasteiger partial charge on any atom is 0.0160 e. The summed E-state index contributed by atoms with van der Waals surface area (Å²) < 4.78 is 0. The first-order valence-corrected chi connectivity index (χ1v) is 7.08. The van der Waals surface area contributed by atoms with Gasteiger partial charge in [0.2, 0.25) is 0 Å². The predicted octanol–water partition coefficient (Wildman–Crippen LogP) is 3.44. The van der Waals surface area contributed by atoms with E-state index in [9.17, 15) is 0 Å². The van der Waals surface area contributed by atoms with Crippen LogP contribution in [0.3, 0.4) is 0 Å². The van der Waals surface area contributed by atoms with Gasteiger partial charge < -0.3 is 5.32 Å². The van der Waals surface area contributed by atoms with Gasteiger partial charge in [-0.25, -0.2) is 0 Å². The standard InChI is InChI=1S/C15H32N2/c1-6-13-17(7-2)14-11-9-8-10-12-16-15(3,4)5/h6,16H,1,7-14H2,2-5H3. The lowest BCUT2D eigenvalue weighted by molar-refractivity contribution is 0.309. The summed E-state index contributed by atoms with van der Waals surface area (Å²) in [4.78, 5) is 2.44. The van der Waals surface area contributed by atoms with Gasteiger partial charge >= 0.3 is 0 Å². The number of nitrogens with one attached hydrogen (secondary N) is 1. The van der Waals surface area contributed by atoms with E-state index >= 15 is 0 Å². The van der Waals surface area contributed by atoms with Crippen molar-refractivity contribution < 1.29 is 0 Å². The van der Waals surface area contributed by atoms with Gasteiger partial charge in [-0.05, 0) is 53.2 Å². The third kappa shape index (κ3) is 11.9. The Balaban J connectivity index is 3.31. The molecule has 0 aliphatic heterocycles. The van der Waals surface area contributed by atoms with Gasteiger partial charge in [-0.1, -0.05) is 25.8 Å². The first-order valence-electron chi connectivity index (χ1n) is 7.08. The van der Waals surface area contributed by atoms with E-state index in [1.807, 2.05) is 6.08 Å². The molecule has 2 heteroatoms. The van der Waals surface area contributed by atoms with Crippen molar-refractivity contribution in [2.45, 2.75) is 58.9 Å². The molecular formula is C15H32N2. The molecule has 0 bridgehead atoms. The number of nitrogens with zero attached hydrogens (tertiary/aromatic N) is 1. The van der Waals surface area contributed by atoms with Crippen molar-refractivity contribution in [1.29, 1.82) is 0 Å². The van der Waals surface area contributed by atoms with E-state index in [4.69, 9.17) is 0 Å². The van der Waals surface area contributed by atoms with Crippen molar-refractivity contribution in [3.05, 3.63) is 12.7 Å². The van der Waals surface area contributed by atoms with Crippen molar-refractivity contribution >= 4 is 0 Å². The molecule has 1 N–H and O–H groups in total. The summed E-state index contributed by atoms with van der Waals surface area (Å²) in [5.74, 6) is 0. The minimum Gasteiger partial charge on any atom is -0.312 e. The largest absolute Gasteiger partial charge is 0.312 e. The molecule has 0 heterocycles. The van der Waals surface area contributed by atoms with E-state index in [2.05, 4.69) is 44.5 Å². The molecule has 17 heavy (non-hydrogen) atoms. The quantitative estimate of drug-likeness (QED) is 0.465. The smallest absolute Gasteiger partial charge is 0.0160 e. The number of likely N-dealkylation sites (N-methyl/N-ethyl adjacent to an activating group) is 1. The molecule has 0 spiro atoms. The second-order valence-corrected chi connectivity index (χ2v) is 5.77. The van der Waals surface area contributed by atoms with Crippen LogP contribution in [0.5, 0.6) is 0 Å². The number of unbranched alkanes of at least 4 members (excludes halogenated alkanes) is 3. The van der Waals surface area contributed by atoms with Crippen LogP contribution in [0.1, 0.15) is 53.4 Å². The number of rotatable bonds is 10. The van der Waals surface area contributed by atoms with E-state index in [0.717, 1.165) is 19.6 Å². The first-order chi connectivity index (χ1) is 7.99. The summed E-state index contributed by atoms with van der Waals surface area (Å²) >= 11 is 0. The zero-order valence-corrected chi connectivity index (χ0v) is 12.4. The van der Waals surface area contributed by atoms with Gasteiger partial charge in [0.1, 0.15) is 0 Å². The fraction of sp³-hybridized carbons (Fsp3) is 0.867. The predicted molar refractivity (Wildman–Crippen MR) is 78.5 cm³/mol. The van der Waals surface area contributed by atoms with Crippen LogP contribution in [0.2, 0.25) is 0 Å². The summed E-state index contributed by atoms with van der Waals surface area (Å²) in [6.45, 7) is 17.2. The van der Waals surface area contributed by atoms with E-state index in [1.165, 1.54) is 32.2 Å². The molecule has 2 nitrogen and oxygen atoms in total. The van der Waals surface area contributed by atoms with E-state index < -0.39 is 0 Å². The molecule has 0 unspecified atom stereocenters. The Morgan fingerprint density at radius 2 is 1.76 bits per heavy atom. The number of hydrogen-bond acceptors (Lipinski definition) is 2. The summed E-state index contributed by atoms with van der Waals surface area (Å²) in [6.07, 6.45) is 7.30. The molecule has 0 saturated heterocycles. The molecule has 0 aliphatic carbocycles. The molecule has 0 aromatic rings. The molecule has 102 valence electrons. The topological polar surface area (TPSA) is 15.3 Å². The molecular weight excluding hydrogens is 208 g/mol. The zero-order chi connectivity index (χ0) is 13.1. The zero-order valence-electron chi connectivity index (χ0n) is 12.4. The molecule has 0 aliphatic rings. The second-order valence-electron chi connectivity index (χ2n) is 5.77. The van der Waals surface area contributed by atoms with Crippen molar-refractivity contribution in [1.82, 2.24) is 10.2 Å². The fourth-order valence-electron chi connectivity index (χ4n) is 1.84. The van der Waals surface area contributed by atoms with Crippen LogP contribution < -0.4 is 5.32 Å². The maximum atomic E-state index is 3.79. The van der Waals surface area contributed by atoms with Crippen LogP contribution >= 0.6 is 0 Å². The van der Waals surface area contributed by atoms with Crippen LogP contribution in [-0.2, 0) is 0 Å². The third-order valence-corrected chi connectivity index (χ3v) is 2.89. The summed E-state index contributed by atoms with van der Waals surface area (Å²) in [5, 5.41) is 3.53. The highest BCUT2D eigenvalue weighted by Gasteiger charge is 2.06. The van der Waals surface area contributed by atoms with Gasteiger partial charge in [0, 0.05) is 12.1 Å². The first kappa shape index (κ1) is 16.7. The molecule has 0 fully saturated rings. The van der Waals surface area contributed by atoms with Gasteiger partial charge in [0.25, 0.3) is 0 Å². The van der Waals surface area contributed by atoms with E-state index in [-0.39, 0.29) is 5.54 Å². The van der Waals surface area contributed by atoms with Gasteiger partial charge in [0.15, 0.2) is 0 Å². The minimum atomic E-state index is 0.267. The van der Waals surface area contributed by atoms with E-state index in [1.54, 1.807) is 0 Å². The van der Waals surface area contributed by atoms with Gasteiger partial charge in [-0.15, -0.1) is 6.58 Å². The Hall–Kier alpha value is -0.340. The molecule has 0 saturated carbocycles. The molecule has 0 amide bonds. The summed E-state index contributed by atoms with van der Waals surface area (Å²) in [7, 11) is 0. The van der Waals surface area contributed by atoms with Crippen LogP contribution in [0.25, 0.3) is 0 Å². The Morgan fingerprint density at radius 1 is 1.12 bits per heavy atom. The molecule has 0 aromatic heterocycles. The summed E-state index contributed by atoms with van der Waals surface area (Å²) in [6, 6.07) is 0. The van der Waals surface area contributed by atoms with Crippen molar-refractivity contribution in [3.8, 4) is 0 Å². The second kappa shape index (κ2) is 9.67. The van der Waals surface area contributed by atoms with Gasteiger partial charge in [-0.2, -0.15) is 0 Å². The van der Waals surface area contributed by atoms with Crippen molar-refractivity contribution in [2.24, 2.45) is 0 Å². The maximum absolute atomic E-state index is 3.79. The Labute approximate surface area is 108 Å². The Kier molecular flexibility index (Phi) is 9.47. The molecule has 0 aromatic carbocycles. The monoisotopic (exact) mass is 240 g/mol. The third-order valence-electron chi connectivity index (χ3n) is 2.89. The normalized spacial score (nSPS) is 12.1. The Morgan fingerprint density at radius 3 is 2.29 bits per heavy atom. The van der Waals surface area contributed by atoms with Gasteiger partial charge in [-0.3, -0.25) is 4.90 Å². The average molecular weight is 240 g/mol. The molecule has 0 radical (unpaired) electrons. The fourth-order valence-corrected chi connectivity index (χ4v) is 1.84. The Bertz CT molecular complexity index is 182. The SMILES string of the molecule is C=CCN(CC)CCCCCCNC(C)(C)C. The minimum absolute atomic E-state index is 0.267. The molecule has 0 atom stereocenters. The van der Waals surface area contributed by atoms with Crippen LogP contribution in [0, 0.1) is 0 Å². The molecule has 0 rings (SSSR count). The lowest BCUT2D eigenvalue weighted by Crippen LogP contribution is -2.36. The highest BCUT2D eigenvalue weighted by Crippen LogP contribution is 2.03. The lowest BCUT2D eigenvalue weighted by Gasteiger charge is -2.20. The van der Waals surface area contributed by atoms with E-state index in [0.29, 0.717) is 0 Å². The number of hydrogen-bond donors (Lipinski definition) is 1. The lowest BCUT2D eigenvalue weighted by atomic mass is 10.1. The van der Waals surface area contributed by atoms with Crippen molar-refractivity contribution in [3.63, 3.8) is 0 Å². The highest BCUT2D eigenvalue weighted by molar-refractivity contribution is 4.72. The van der Waals surface area contributed by atoms with Crippen molar-refractivity contribution in [2.75, 3.05) is 26.2 Å². The van der Waals surface area contributed by atoms with Crippen LogP contribution in [-0.4, -0.2) is 36.6 Å². The van der Waals surface area contributed by atoms with Crippen LogP contribution in [0.15, 0.2) is 12.7 Å². The van der Waals surface area contributed by atoms with Gasteiger partial charge in [0.05, 0.1) is 0 Å². The average Bonchev–Trinajstić information content (AvgIpc) is 2.24. The van der Waals surface area contributed by atoms with Crippen LogP contribution in [0.4, 0.5) is 0 Å². The summed E-state index contributed by atoms with van der Waals surface area (Å²) in [5.41, 5.74) is 0.267. The highest BCUT2D eigenvalue weighted by atomic mass is 15.1.